The first-order valence-corrected chi connectivity index (χ1v) is 11.0. The van der Waals surface area contributed by atoms with Gasteiger partial charge in [-0.1, -0.05) is 20.8 Å². The Morgan fingerprint density at radius 1 is 1.25 bits per heavy atom. The number of nitro benzene ring substituents is 1. The summed E-state index contributed by atoms with van der Waals surface area (Å²) in [6.45, 7) is 11.3. The highest BCUT2D eigenvalue weighted by Crippen LogP contribution is 2.37. The lowest BCUT2D eigenvalue weighted by atomic mass is 10.0. The molecule has 0 aromatic heterocycles. The van der Waals surface area contributed by atoms with Crippen LogP contribution in [0.25, 0.3) is 0 Å². The minimum Gasteiger partial charge on any atom is -0.415 e. The van der Waals surface area contributed by atoms with E-state index in [0.29, 0.717) is 12.2 Å². The number of benzene rings is 1. The summed E-state index contributed by atoms with van der Waals surface area (Å²) in [5.74, 6) is 0. The molecule has 1 rings (SSSR count). The Labute approximate surface area is 145 Å². The van der Waals surface area contributed by atoms with E-state index in [1.807, 2.05) is 19.0 Å². The van der Waals surface area contributed by atoms with Crippen molar-refractivity contribution < 1.29 is 14.5 Å². The van der Waals surface area contributed by atoms with E-state index in [1.165, 1.54) is 12.1 Å². The Balaban J connectivity index is 2.89. The lowest BCUT2D eigenvalue weighted by Crippen LogP contribution is -2.46. The largest absolute Gasteiger partial charge is 0.415 e. The summed E-state index contributed by atoms with van der Waals surface area (Å²) in [6.07, 6.45) is -0.773. The fraction of sp³-hybridized carbons (Fsp3) is 0.647. The van der Waals surface area contributed by atoms with Crippen LogP contribution in [-0.4, -0.2) is 50.0 Å². The van der Waals surface area contributed by atoms with E-state index in [0.717, 1.165) is 0 Å². The maximum Gasteiger partial charge on any atom is 0.269 e. The predicted octanol–water partition coefficient (Wildman–Crippen LogP) is 3.58. The first kappa shape index (κ1) is 20.8. The number of likely N-dealkylation sites (N-methyl/N-ethyl adjacent to an activating group) is 1. The van der Waals surface area contributed by atoms with Gasteiger partial charge >= 0.3 is 0 Å². The van der Waals surface area contributed by atoms with Crippen molar-refractivity contribution in [2.24, 2.45) is 0 Å². The molecule has 1 aromatic rings. The molecule has 0 aliphatic carbocycles. The Morgan fingerprint density at radius 3 is 2.12 bits per heavy atom. The highest BCUT2D eigenvalue weighted by molar-refractivity contribution is 6.74. The molecule has 0 unspecified atom stereocenters. The Bertz CT molecular complexity index is 553. The van der Waals surface area contributed by atoms with E-state index in [-0.39, 0.29) is 16.8 Å². The molecule has 0 spiro atoms. The summed E-state index contributed by atoms with van der Waals surface area (Å²) in [5.41, 5.74) is 0.669. The van der Waals surface area contributed by atoms with E-state index < -0.39 is 19.3 Å². The molecule has 0 heterocycles. The van der Waals surface area contributed by atoms with Crippen LogP contribution in [0.2, 0.25) is 18.1 Å². The van der Waals surface area contributed by atoms with Crippen LogP contribution in [0.1, 0.15) is 32.4 Å². The van der Waals surface area contributed by atoms with Gasteiger partial charge in [0.1, 0.15) is 0 Å². The van der Waals surface area contributed by atoms with Crippen molar-refractivity contribution in [2.75, 3.05) is 20.7 Å². The van der Waals surface area contributed by atoms with Gasteiger partial charge in [0.25, 0.3) is 5.69 Å². The summed E-state index contributed by atoms with van der Waals surface area (Å²) >= 11 is 0. The van der Waals surface area contributed by atoms with Gasteiger partial charge in [-0.3, -0.25) is 10.1 Å². The van der Waals surface area contributed by atoms with E-state index in [1.54, 1.807) is 12.1 Å². The molecule has 136 valence electrons. The number of non-ortho nitro benzene ring substituents is 1. The Kier molecular flexibility index (Phi) is 6.69. The van der Waals surface area contributed by atoms with Crippen molar-refractivity contribution in [2.45, 2.75) is 51.0 Å². The maximum absolute atomic E-state index is 10.8. The molecule has 0 bridgehead atoms. The molecule has 1 N–H and O–H groups in total. The second-order valence-corrected chi connectivity index (χ2v) is 12.7. The van der Waals surface area contributed by atoms with E-state index >= 15 is 0 Å². The van der Waals surface area contributed by atoms with Gasteiger partial charge in [-0.2, -0.15) is 0 Å². The predicted molar refractivity (Wildman–Crippen MR) is 98.7 cm³/mol. The minimum atomic E-state index is -1.91. The molecule has 24 heavy (non-hydrogen) atoms. The second kappa shape index (κ2) is 7.73. The van der Waals surface area contributed by atoms with Crippen LogP contribution in [-0.2, 0) is 4.43 Å². The molecular weight excluding hydrogens is 324 g/mol. The van der Waals surface area contributed by atoms with Crippen LogP contribution in [0.15, 0.2) is 24.3 Å². The first-order chi connectivity index (χ1) is 10.9. The van der Waals surface area contributed by atoms with Crippen molar-refractivity contribution in [1.29, 1.82) is 0 Å². The van der Waals surface area contributed by atoms with Gasteiger partial charge in [-0.15, -0.1) is 0 Å². The van der Waals surface area contributed by atoms with E-state index in [2.05, 4.69) is 33.9 Å². The summed E-state index contributed by atoms with van der Waals surface area (Å²) in [6, 6.07) is 5.82. The molecule has 0 amide bonds. The smallest absolute Gasteiger partial charge is 0.269 e. The zero-order valence-corrected chi connectivity index (χ0v) is 16.7. The summed E-state index contributed by atoms with van der Waals surface area (Å²) in [5, 5.41) is 21.6. The number of aliphatic hydroxyl groups is 1. The van der Waals surface area contributed by atoms with Gasteiger partial charge in [-0.05, 0) is 49.9 Å². The number of rotatable bonds is 7. The van der Waals surface area contributed by atoms with Crippen molar-refractivity contribution in [3.63, 3.8) is 0 Å². The van der Waals surface area contributed by atoms with Gasteiger partial charge in [-0.25, -0.2) is 0 Å². The molecule has 0 radical (unpaired) electrons. The van der Waals surface area contributed by atoms with Gasteiger partial charge < -0.3 is 14.4 Å². The average molecular weight is 355 g/mol. The number of hydrogen-bond acceptors (Lipinski definition) is 5. The molecule has 1 aromatic carbocycles. The molecule has 6 nitrogen and oxygen atoms in total. The Morgan fingerprint density at radius 2 is 1.75 bits per heavy atom. The topological polar surface area (TPSA) is 75.8 Å². The second-order valence-electron chi connectivity index (χ2n) is 7.90. The van der Waals surface area contributed by atoms with E-state index in [4.69, 9.17) is 4.43 Å². The monoisotopic (exact) mass is 354 g/mol. The van der Waals surface area contributed by atoms with Crippen molar-refractivity contribution >= 4 is 14.0 Å². The van der Waals surface area contributed by atoms with Gasteiger partial charge in [0.15, 0.2) is 8.32 Å². The Hall–Kier alpha value is -1.28. The van der Waals surface area contributed by atoms with Gasteiger partial charge in [0, 0.05) is 12.1 Å². The van der Waals surface area contributed by atoms with Crippen LogP contribution in [0.5, 0.6) is 0 Å². The molecule has 0 fully saturated rings. The third-order valence-corrected chi connectivity index (χ3v) is 9.40. The lowest BCUT2D eigenvalue weighted by Gasteiger charge is -2.39. The fourth-order valence-electron chi connectivity index (χ4n) is 2.05. The fourth-order valence-corrected chi connectivity index (χ4v) is 3.07. The van der Waals surface area contributed by atoms with Crippen LogP contribution >= 0.6 is 0 Å². The quantitative estimate of drug-likeness (QED) is 0.460. The van der Waals surface area contributed by atoms with Crippen LogP contribution in [0.3, 0.4) is 0 Å². The van der Waals surface area contributed by atoms with Crippen molar-refractivity contribution in [3.8, 4) is 0 Å². The lowest BCUT2D eigenvalue weighted by molar-refractivity contribution is -0.384. The van der Waals surface area contributed by atoms with Crippen LogP contribution < -0.4 is 0 Å². The summed E-state index contributed by atoms with van der Waals surface area (Å²) in [4.78, 5) is 12.2. The third kappa shape index (κ3) is 5.11. The van der Waals surface area contributed by atoms with Crippen molar-refractivity contribution in [1.82, 2.24) is 4.90 Å². The normalized spacial score (nSPS) is 15.4. The molecule has 0 aliphatic heterocycles. The number of aliphatic hydroxyl groups excluding tert-OH is 1. The highest BCUT2D eigenvalue weighted by atomic mass is 28.4. The molecule has 0 saturated carbocycles. The van der Waals surface area contributed by atoms with Crippen molar-refractivity contribution in [3.05, 3.63) is 39.9 Å². The van der Waals surface area contributed by atoms with Crippen LogP contribution in [0.4, 0.5) is 5.69 Å². The standard InChI is InChI=1S/C17H30N2O4Si/c1-17(2,3)24(6,7)23-12-15(18(4)5)16(20)13-8-10-14(11-9-13)19(21)22/h8-11,15-16,20H,12H2,1-7H3/t15-,16-/m0/s1. The zero-order valence-electron chi connectivity index (χ0n) is 15.7. The van der Waals surface area contributed by atoms with Crippen LogP contribution in [0, 0.1) is 10.1 Å². The summed E-state index contributed by atoms with van der Waals surface area (Å²) < 4.78 is 6.25. The molecule has 0 saturated heterocycles. The minimum absolute atomic E-state index is 0.0184. The first-order valence-electron chi connectivity index (χ1n) is 8.09. The third-order valence-electron chi connectivity index (χ3n) is 4.89. The number of nitro groups is 1. The summed E-state index contributed by atoms with van der Waals surface area (Å²) in [7, 11) is 1.88. The number of nitrogens with zero attached hydrogens (tertiary/aromatic N) is 2. The highest BCUT2D eigenvalue weighted by Gasteiger charge is 2.38. The maximum atomic E-state index is 10.8. The zero-order chi connectivity index (χ0) is 18.7. The molecule has 2 atom stereocenters. The van der Waals surface area contributed by atoms with Gasteiger partial charge in [0.2, 0.25) is 0 Å². The van der Waals surface area contributed by atoms with E-state index in [9.17, 15) is 15.2 Å². The molecule has 0 aliphatic rings. The molecular formula is C17H30N2O4Si. The molecule has 7 heteroatoms. The van der Waals surface area contributed by atoms with Gasteiger partial charge in [0.05, 0.1) is 23.7 Å². The number of hydrogen-bond donors (Lipinski definition) is 1. The average Bonchev–Trinajstić information content (AvgIpc) is 2.45. The SMILES string of the molecule is CN(C)[C@@H](CO[Si](C)(C)C(C)(C)C)[C@@H](O)c1ccc([N+](=O)[O-])cc1.